The lowest BCUT2D eigenvalue weighted by atomic mass is 10.0. The quantitative estimate of drug-likeness (QED) is 0.765. The van der Waals surface area contributed by atoms with Gasteiger partial charge in [-0.1, -0.05) is 13.8 Å². The number of benzene rings is 1. The highest BCUT2D eigenvalue weighted by Crippen LogP contribution is 2.10. The highest BCUT2D eigenvalue weighted by Gasteiger charge is 2.17. The zero-order valence-electron chi connectivity index (χ0n) is 10.3. The molecule has 6 heteroatoms. The summed E-state index contributed by atoms with van der Waals surface area (Å²) in [6.45, 7) is 3.75. The van der Waals surface area contributed by atoms with Gasteiger partial charge < -0.3 is 16.8 Å². The van der Waals surface area contributed by atoms with E-state index in [1.807, 2.05) is 13.8 Å². The van der Waals surface area contributed by atoms with Gasteiger partial charge in [-0.25, -0.2) is 0 Å². The number of amides is 2. The molecule has 0 saturated carbocycles. The van der Waals surface area contributed by atoms with Crippen LogP contribution in [-0.4, -0.2) is 17.9 Å². The molecular weight excluding hydrogens is 254 g/mol. The van der Waals surface area contributed by atoms with Crippen LogP contribution in [0.25, 0.3) is 0 Å². The number of anilines is 1. The van der Waals surface area contributed by atoms with E-state index >= 15 is 0 Å². The van der Waals surface area contributed by atoms with Crippen LogP contribution in [0.3, 0.4) is 0 Å². The Morgan fingerprint density at radius 2 is 1.67 bits per heavy atom. The van der Waals surface area contributed by atoms with E-state index in [0.717, 1.165) is 0 Å². The highest BCUT2D eigenvalue weighted by molar-refractivity contribution is 5.96. The van der Waals surface area contributed by atoms with E-state index in [-0.39, 0.29) is 24.2 Å². The molecule has 1 aromatic rings. The maximum Gasteiger partial charge on any atom is 0.248 e. The van der Waals surface area contributed by atoms with Crippen molar-refractivity contribution in [1.29, 1.82) is 0 Å². The summed E-state index contributed by atoms with van der Waals surface area (Å²) >= 11 is 0. The van der Waals surface area contributed by atoms with Crippen molar-refractivity contribution in [1.82, 2.24) is 0 Å². The van der Waals surface area contributed by atoms with Gasteiger partial charge in [-0.05, 0) is 30.2 Å². The fraction of sp³-hybridized carbons (Fsp3) is 0.333. The van der Waals surface area contributed by atoms with Gasteiger partial charge in [-0.3, -0.25) is 9.59 Å². The summed E-state index contributed by atoms with van der Waals surface area (Å²) < 4.78 is 0. The summed E-state index contributed by atoms with van der Waals surface area (Å²) in [6.07, 6.45) is 0. The van der Waals surface area contributed by atoms with Gasteiger partial charge >= 0.3 is 0 Å². The zero-order valence-corrected chi connectivity index (χ0v) is 11.2. The predicted molar refractivity (Wildman–Crippen MR) is 73.7 cm³/mol. The van der Waals surface area contributed by atoms with Crippen molar-refractivity contribution in [2.45, 2.75) is 19.9 Å². The number of nitrogens with two attached hydrogens (primary N) is 2. The fourth-order valence-corrected chi connectivity index (χ4v) is 1.25. The van der Waals surface area contributed by atoms with Crippen molar-refractivity contribution in [2.75, 3.05) is 5.32 Å². The minimum atomic E-state index is -0.550. The van der Waals surface area contributed by atoms with Crippen molar-refractivity contribution >= 4 is 29.9 Å². The maximum absolute atomic E-state index is 11.6. The third-order valence-corrected chi connectivity index (χ3v) is 2.46. The number of primary amides is 1. The Bertz CT molecular complexity index is 418. The number of carbonyl (C=O) groups is 2. The number of carbonyl (C=O) groups excluding carboxylic acids is 2. The normalized spacial score (nSPS) is 11.6. The summed E-state index contributed by atoms with van der Waals surface area (Å²) in [5, 5.41) is 2.67. The first-order chi connectivity index (χ1) is 7.91. The van der Waals surface area contributed by atoms with Crippen LogP contribution in [0, 0.1) is 5.92 Å². The molecule has 0 saturated heterocycles. The standard InChI is InChI=1S/C12H17N3O2.ClH/c1-7(2)10(13)12(17)15-9-5-3-8(4-6-9)11(14)16;/h3-7,10H,13H2,1-2H3,(H2,14,16)(H,15,17);1H/t10-;/m0./s1. The van der Waals surface area contributed by atoms with Crippen molar-refractivity contribution < 1.29 is 9.59 Å². The second kappa shape index (κ2) is 6.98. The molecule has 0 aliphatic rings. The Labute approximate surface area is 112 Å². The lowest BCUT2D eigenvalue weighted by Gasteiger charge is -2.15. The molecule has 0 spiro atoms. The number of halogens is 1. The molecule has 0 radical (unpaired) electrons. The Hall–Kier alpha value is -1.59. The van der Waals surface area contributed by atoms with Crippen LogP contribution in [0.4, 0.5) is 5.69 Å². The van der Waals surface area contributed by atoms with E-state index in [1.54, 1.807) is 24.3 Å². The summed E-state index contributed by atoms with van der Waals surface area (Å²) in [7, 11) is 0. The minimum absolute atomic E-state index is 0. The number of hydrogen-bond donors (Lipinski definition) is 3. The number of rotatable bonds is 4. The molecule has 0 aliphatic heterocycles. The van der Waals surface area contributed by atoms with E-state index in [0.29, 0.717) is 11.3 Å². The van der Waals surface area contributed by atoms with E-state index in [9.17, 15) is 9.59 Å². The first-order valence-electron chi connectivity index (χ1n) is 5.38. The highest BCUT2D eigenvalue weighted by atomic mass is 35.5. The first-order valence-corrected chi connectivity index (χ1v) is 5.38. The van der Waals surface area contributed by atoms with Crippen LogP contribution in [0.15, 0.2) is 24.3 Å². The summed E-state index contributed by atoms with van der Waals surface area (Å²) in [5.74, 6) is -0.673. The largest absolute Gasteiger partial charge is 0.366 e. The number of hydrogen-bond acceptors (Lipinski definition) is 3. The van der Waals surface area contributed by atoms with Crippen molar-refractivity contribution in [3.8, 4) is 0 Å². The Kier molecular flexibility index (Phi) is 6.36. The van der Waals surface area contributed by atoms with Crippen LogP contribution in [0.2, 0.25) is 0 Å². The van der Waals surface area contributed by atoms with E-state index in [2.05, 4.69) is 5.32 Å². The molecule has 0 aromatic heterocycles. The molecule has 1 rings (SSSR count). The molecule has 5 nitrogen and oxygen atoms in total. The predicted octanol–water partition coefficient (Wildman–Crippen LogP) is 1.13. The lowest BCUT2D eigenvalue weighted by molar-refractivity contribution is -0.118. The Morgan fingerprint density at radius 1 is 1.17 bits per heavy atom. The van der Waals surface area contributed by atoms with Gasteiger partial charge in [0.1, 0.15) is 0 Å². The van der Waals surface area contributed by atoms with Gasteiger partial charge in [0.25, 0.3) is 0 Å². The lowest BCUT2D eigenvalue weighted by Crippen LogP contribution is -2.39. The topological polar surface area (TPSA) is 98.2 Å². The Balaban J connectivity index is 0.00000289. The van der Waals surface area contributed by atoms with Gasteiger partial charge in [-0.2, -0.15) is 0 Å². The molecule has 0 aliphatic carbocycles. The van der Waals surface area contributed by atoms with Crippen molar-refractivity contribution in [2.24, 2.45) is 17.4 Å². The molecule has 0 bridgehead atoms. The monoisotopic (exact) mass is 271 g/mol. The van der Waals surface area contributed by atoms with Crippen LogP contribution < -0.4 is 16.8 Å². The van der Waals surface area contributed by atoms with Crippen LogP contribution in [-0.2, 0) is 4.79 Å². The molecule has 5 N–H and O–H groups in total. The smallest absolute Gasteiger partial charge is 0.248 e. The second-order valence-corrected chi connectivity index (χ2v) is 4.20. The fourth-order valence-electron chi connectivity index (χ4n) is 1.25. The second-order valence-electron chi connectivity index (χ2n) is 4.20. The third kappa shape index (κ3) is 4.35. The Morgan fingerprint density at radius 3 is 2.06 bits per heavy atom. The SMILES string of the molecule is CC(C)[C@H](N)C(=O)Nc1ccc(C(N)=O)cc1.Cl. The molecule has 1 aromatic carbocycles. The van der Waals surface area contributed by atoms with Crippen molar-refractivity contribution in [3.05, 3.63) is 29.8 Å². The zero-order chi connectivity index (χ0) is 13.0. The maximum atomic E-state index is 11.6. The molecule has 1 atom stereocenters. The summed E-state index contributed by atoms with van der Waals surface area (Å²) in [5.41, 5.74) is 11.8. The van der Waals surface area contributed by atoms with E-state index < -0.39 is 11.9 Å². The molecule has 0 unspecified atom stereocenters. The molecule has 100 valence electrons. The average Bonchev–Trinajstić information content (AvgIpc) is 2.28. The van der Waals surface area contributed by atoms with Gasteiger partial charge in [-0.15, -0.1) is 12.4 Å². The first kappa shape index (κ1) is 16.4. The molecule has 0 fully saturated rings. The van der Waals surface area contributed by atoms with Crippen molar-refractivity contribution in [3.63, 3.8) is 0 Å². The van der Waals surface area contributed by atoms with Gasteiger partial charge in [0, 0.05) is 11.3 Å². The van der Waals surface area contributed by atoms with E-state index in [1.165, 1.54) is 0 Å². The molecule has 0 heterocycles. The summed E-state index contributed by atoms with van der Waals surface area (Å²) in [6, 6.07) is 5.79. The summed E-state index contributed by atoms with van der Waals surface area (Å²) in [4.78, 5) is 22.5. The van der Waals surface area contributed by atoms with Gasteiger partial charge in [0.05, 0.1) is 6.04 Å². The minimum Gasteiger partial charge on any atom is -0.366 e. The van der Waals surface area contributed by atoms with Crippen LogP contribution >= 0.6 is 12.4 Å². The molecule has 2 amide bonds. The van der Waals surface area contributed by atoms with Crippen LogP contribution in [0.5, 0.6) is 0 Å². The molecule has 18 heavy (non-hydrogen) atoms. The molecular formula is C12H18ClN3O2. The van der Waals surface area contributed by atoms with Gasteiger partial charge in [0.15, 0.2) is 0 Å². The van der Waals surface area contributed by atoms with Gasteiger partial charge in [0.2, 0.25) is 11.8 Å². The average molecular weight is 272 g/mol. The third-order valence-electron chi connectivity index (χ3n) is 2.46. The van der Waals surface area contributed by atoms with E-state index in [4.69, 9.17) is 11.5 Å². The number of nitrogens with one attached hydrogen (secondary N) is 1. The van der Waals surface area contributed by atoms with Crippen LogP contribution in [0.1, 0.15) is 24.2 Å².